The Morgan fingerprint density at radius 3 is 2.58 bits per heavy atom. The first-order valence-corrected chi connectivity index (χ1v) is 12.8. The molecule has 198 valence electrons. The topological polar surface area (TPSA) is 80.3 Å². The highest BCUT2D eigenvalue weighted by atomic mass is 16.7. The van der Waals surface area contributed by atoms with Gasteiger partial charge in [-0.1, -0.05) is 19.1 Å². The third-order valence-corrected chi connectivity index (χ3v) is 6.74. The van der Waals surface area contributed by atoms with Gasteiger partial charge in [0, 0.05) is 24.1 Å². The van der Waals surface area contributed by atoms with Crippen LogP contribution < -0.4 is 5.32 Å². The predicted molar refractivity (Wildman–Crippen MR) is 139 cm³/mol. The molecule has 0 bridgehead atoms. The molecule has 1 amide bonds. The average Bonchev–Trinajstić information content (AvgIpc) is 3.28. The predicted octanol–water partition coefficient (Wildman–Crippen LogP) is 3.55. The van der Waals surface area contributed by atoms with E-state index in [1.807, 2.05) is 30.3 Å². The number of ether oxygens (including phenoxy) is 3. The lowest BCUT2D eigenvalue weighted by Gasteiger charge is -2.28. The Bertz CT molecular complexity index is 912. The molecule has 0 radical (unpaired) electrons. The second-order valence-corrected chi connectivity index (χ2v) is 10.2. The number of amides is 1. The highest BCUT2D eigenvalue weighted by Gasteiger charge is 2.27. The standard InChI is InChI=1S/C28H41N3O5/c1-21-6-9-24(18-34-19-32)25(12-13-26-27(16-21)36-20-35-26)29-28(33)23-10-7-22(8-11-23)17-31(4)15-5-14-30(2)3/h7-8,10-11,13,16,19,21,24-25H,5-6,9,12,14-15,17-18,20H2,1-4H3,(H,29,33)/b26-13+,27-16+. The van der Waals surface area contributed by atoms with Crippen LogP contribution in [-0.2, 0) is 25.5 Å². The summed E-state index contributed by atoms with van der Waals surface area (Å²) in [6.07, 6.45) is 7.41. The van der Waals surface area contributed by atoms with Crippen molar-refractivity contribution >= 4 is 12.4 Å². The van der Waals surface area contributed by atoms with Gasteiger partial charge in [0.2, 0.25) is 6.79 Å². The summed E-state index contributed by atoms with van der Waals surface area (Å²) in [6.45, 7) is 5.99. The molecule has 1 saturated heterocycles. The summed E-state index contributed by atoms with van der Waals surface area (Å²) < 4.78 is 16.4. The SMILES string of the molecule is CC1/C=C2/OCO/C2=C/CC(NC(=O)c2ccc(CN(C)CCCN(C)C)cc2)C(COC=O)CC1. The summed E-state index contributed by atoms with van der Waals surface area (Å²) >= 11 is 0. The normalized spacial score (nSPS) is 25.0. The quantitative estimate of drug-likeness (QED) is 0.467. The number of benzene rings is 1. The van der Waals surface area contributed by atoms with Crippen LogP contribution in [0.2, 0.25) is 0 Å². The van der Waals surface area contributed by atoms with Gasteiger partial charge in [-0.2, -0.15) is 0 Å². The molecule has 1 aromatic rings. The van der Waals surface area contributed by atoms with Gasteiger partial charge in [-0.05, 0) is 95.7 Å². The molecular weight excluding hydrogens is 458 g/mol. The molecule has 2 aliphatic rings. The third kappa shape index (κ3) is 8.68. The maximum atomic E-state index is 13.2. The zero-order valence-electron chi connectivity index (χ0n) is 22.1. The van der Waals surface area contributed by atoms with E-state index in [-0.39, 0.29) is 37.2 Å². The van der Waals surface area contributed by atoms with Crippen LogP contribution in [0.15, 0.2) is 47.9 Å². The van der Waals surface area contributed by atoms with Crippen molar-refractivity contribution < 1.29 is 23.8 Å². The minimum Gasteiger partial charge on any atom is -0.468 e. The Morgan fingerprint density at radius 1 is 1.11 bits per heavy atom. The number of hydrogen-bond acceptors (Lipinski definition) is 7. The molecule has 0 spiro atoms. The highest BCUT2D eigenvalue weighted by molar-refractivity contribution is 5.94. The molecule has 1 aliphatic heterocycles. The van der Waals surface area contributed by atoms with E-state index in [0.29, 0.717) is 24.2 Å². The summed E-state index contributed by atoms with van der Waals surface area (Å²) in [7, 11) is 6.29. The van der Waals surface area contributed by atoms with Crippen LogP contribution >= 0.6 is 0 Å². The smallest absolute Gasteiger partial charge is 0.293 e. The second kappa shape index (κ2) is 14.0. The summed E-state index contributed by atoms with van der Waals surface area (Å²) in [4.78, 5) is 28.6. The van der Waals surface area contributed by atoms with E-state index in [1.54, 1.807) is 0 Å². The number of nitrogens with one attached hydrogen (secondary N) is 1. The van der Waals surface area contributed by atoms with Crippen LogP contribution in [0.25, 0.3) is 0 Å². The van der Waals surface area contributed by atoms with Crippen molar-refractivity contribution in [3.63, 3.8) is 0 Å². The van der Waals surface area contributed by atoms with E-state index >= 15 is 0 Å². The lowest BCUT2D eigenvalue weighted by molar-refractivity contribution is -0.130. The Balaban J connectivity index is 1.65. The van der Waals surface area contributed by atoms with Gasteiger partial charge in [-0.15, -0.1) is 0 Å². The van der Waals surface area contributed by atoms with E-state index in [2.05, 4.69) is 49.3 Å². The maximum Gasteiger partial charge on any atom is 0.293 e. The van der Waals surface area contributed by atoms with E-state index in [4.69, 9.17) is 14.2 Å². The second-order valence-electron chi connectivity index (χ2n) is 10.2. The van der Waals surface area contributed by atoms with Gasteiger partial charge in [0.25, 0.3) is 12.4 Å². The fraction of sp³-hybridized carbons (Fsp3) is 0.571. The van der Waals surface area contributed by atoms with Crippen molar-refractivity contribution in [1.82, 2.24) is 15.1 Å². The Morgan fingerprint density at radius 2 is 1.86 bits per heavy atom. The highest BCUT2D eigenvalue weighted by Crippen LogP contribution is 2.29. The minimum absolute atomic E-state index is 0.00851. The molecule has 0 aromatic heterocycles. The van der Waals surface area contributed by atoms with Crippen LogP contribution in [0.3, 0.4) is 0 Å². The Kier molecular flexibility index (Phi) is 10.8. The fourth-order valence-electron chi connectivity index (χ4n) is 4.63. The number of carbonyl (C=O) groups excluding carboxylic acids is 2. The van der Waals surface area contributed by atoms with Crippen molar-refractivity contribution in [3.8, 4) is 0 Å². The molecule has 1 aromatic carbocycles. The first-order valence-electron chi connectivity index (χ1n) is 12.8. The Hall–Kier alpha value is -2.84. The average molecular weight is 500 g/mol. The molecule has 8 nitrogen and oxygen atoms in total. The summed E-state index contributed by atoms with van der Waals surface area (Å²) in [6, 6.07) is 7.59. The summed E-state index contributed by atoms with van der Waals surface area (Å²) in [5.41, 5.74) is 1.79. The zero-order valence-corrected chi connectivity index (χ0v) is 22.1. The monoisotopic (exact) mass is 499 g/mol. The molecule has 3 unspecified atom stereocenters. The number of hydrogen-bond donors (Lipinski definition) is 1. The van der Waals surface area contributed by atoms with Gasteiger partial charge in [0.05, 0.1) is 6.61 Å². The van der Waals surface area contributed by atoms with Gasteiger partial charge in [0.15, 0.2) is 11.5 Å². The van der Waals surface area contributed by atoms with Crippen LogP contribution in [-0.4, -0.2) is 75.9 Å². The van der Waals surface area contributed by atoms with Gasteiger partial charge in [-0.25, -0.2) is 0 Å². The summed E-state index contributed by atoms with van der Waals surface area (Å²) in [5.74, 6) is 1.59. The number of nitrogens with zero attached hydrogens (tertiary/aromatic N) is 2. The molecule has 0 saturated carbocycles. The minimum atomic E-state index is -0.205. The molecule has 1 N–H and O–H groups in total. The molecule has 1 heterocycles. The van der Waals surface area contributed by atoms with Crippen molar-refractivity contribution in [1.29, 1.82) is 0 Å². The molecular formula is C28H41N3O5. The van der Waals surface area contributed by atoms with Crippen LogP contribution in [0, 0.1) is 11.8 Å². The lowest BCUT2D eigenvalue weighted by Crippen LogP contribution is -2.42. The molecule has 1 aliphatic carbocycles. The fourth-order valence-corrected chi connectivity index (χ4v) is 4.63. The zero-order chi connectivity index (χ0) is 25.9. The first-order chi connectivity index (χ1) is 17.4. The molecule has 8 heteroatoms. The maximum absolute atomic E-state index is 13.2. The lowest BCUT2D eigenvalue weighted by atomic mass is 9.88. The van der Waals surface area contributed by atoms with E-state index in [1.165, 1.54) is 5.56 Å². The molecule has 3 atom stereocenters. The molecule has 3 rings (SSSR count). The summed E-state index contributed by atoms with van der Waals surface area (Å²) in [5, 5.41) is 3.19. The van der Waals surface area contributed by atoms with Gasteiger partial charge in [-0.3, -0.25) is 9.59 Å². The van der Waals surface area contributed by atoms with E-state index in [9.17, 15) is 9.59 Å². The van der Waals surface area contributed by atoms with Crippen molar-refractivity contribution in [2.45, 2.75) is 45.2 Å². The van der Waals surface area contributed by atoms with Gasteiger partial charge in [0.1, 0.15) is 0 Å². The number of rotatable bonds is 11. The van der Waals surface area contributed by atoms with E-state index < -0.39 is 0 Å². The number of fused-ring (bicyclic) bond motifs is 1. The number of carbonyl (C=O) groups is 2. The largest absolute Gasteiger partial charge is 0.468 e. The van der Waals surface area contributed by atoms with Crippen molar-refractivity contribution in [2.75, 3.05) is 47.6 Å². The van der Waals surface area contributed by atoms with Crippen molar-refractivity contribution in [2.24, 2.45) is 11.8 Å². The molecule has 36 heavy (non-hydrogen) atoms. The molecule has 1 fully saturated rings. The first kappa shape index (κ1) is 27.7. The number of allylic oxidation sites excluding steroid dienone is 1. The third-order valence-electron chi connectivity index (χ3n) is 6.74. The van der Waals surface area contributed by atoms with Gasteiger partial charge < -0.3 is 29.3 Å². The van der Waals surface area contributed by atoms with Crippen LogP contribution in [0.4, 0.5) is 0 Å². The Labute approximate surface area is 215 Å². The van der Waals surface area contributed by atoms with Crippen LogP contribution in [0.1, 0.15) is 48.5 Å². The van der Waals surface area contributed by atoms with Gasteiger partial charge >= 0.3 is 0 Å². The van der Waals surface area contributed by atoms with Crippen molar-refractivity contribution in [3.05, 3.63) is 59.1 Å². The van der Waals surface area contributed by atoms with E-state index in [0.717, 1.165) is 44.7 Å². The van der Waals surface area contributed by atoms with Crippen LogP contribution in [0.5, 0.6) is 0 Å².